The van der Waals surface area contributed by atoms with Crippen LogP contribution in [0.4, 0.5) is 15.8 Å². The summed E-state index contributed by atoms with van der Waals surface area (Å²) in [5, 5.41) is 0. The van der Waals surface area contributed by atoms with Crippen molar-refractivity contribution >= 4 is 21.4 Å². The van der Waals surface area contributed by atoms with Gasteiger partial charge in [0.15, 0.2) is 0 Å². The molecule has 0 saturated carbocycles. The predicted octanol–water partition coefficient (Wildman–Crippen LogP) is 2.21. The van der Waals surface area contributed by atoms with Crippen LogP contribution in [0.15, 0.2) is 53.4 Å². The molecule has 0 unspecified atom stereocenters. The smallest absolute Gasteiger partial charge is 0.264 e. The zero-order valence-corrected chi connectivity index (χ0v) is 10.1. The van der Waals surface area contributed by atoms with E-state index in [9.17, 15) is 12.8 Å². The van der Waals surface area contributed by atoms with Crippen molar-refractivity contribution in [1.29, 1.82) is 0 Å². The molecule has 0 aliphatic rings. The number of para-hydroxylation sites is 2. The summed E-state index contributed by atoms with van der Waals surface area (Å²) in [5.74, 6) is -0.643. The third kappa shape index (κ3) is 2.43. The molecule has 0 spiro atoms. The summed E-state index contributed by atoms with van der Waals surface area (Å²) in [6.45, 7) is 0. The van der Waals surface area contributed by atoms with Gasteiger partial charge in [0.1, 0.15) is 10.7 Å². The Bertz CT molecular complexity index is 671. The molecular formula is C12H11FN2O2S. The molecule has 0 bridgehead atoms. The van der Waals surface area contributed by atoms with E-state index in [1.54, 1.807) is 12.1 Å². The highest BCUT2D eigenvalue weighted by Crippen LogP contribution is 2.22. The van der Waals surface area contributed by atoms with E-state index in [1.165, 1.54) is 36.4 Å². The number of nitrogens with two attached hydrogens (primary N) is 1. The zero-order chi connectivity index (χ0) is 13.2. The topological polar surface area (TPSA) is 72.2 Å². The average molecular weight is 266 g/mol. The van der Waals surface area contributed by atoms with Crippen molar-refractivity contribution in [1.82, 2.24) is 0 Å². The van der Waals surface area contributed by atoms with Gasteiger partial charge < -0.3 is 5.73 Å². The quantitative estimate of drug-likeness (QED) is 0.837. The van der Waals surface area contributed by atoms with E-state index in [0.29, 0.717) is 0 Å². The Morgan fingerprint density at radius 3 is 2.28 bits per heavy atom. The molecule has 18 heavy (non-hydrogen) atoms. The second-order valence-corrected chi connectivity index (χ2v) is 5.27. The van der Waals surface area contributed by atoms with Crippen LogP contribution in [0.3, 0.4) is 0 Å². The van der Waals surface area contributed by atoms with Gasteiger partial charge in [-0.2, -0.15) is 0 Å². The zero-order valence-electron chi connectivity index (χ0n) is 9.30. The second kappa shape index (κ2) is 4.66. The van der Waals surface area contributed by atoms with Crippen molar-refractivity contribution in [2.75, 3.05) is 10.5 Å². The van der Waals surface area contributed by atoms with Crippen LogP contribution in [0.1, 0.15) is 0 Å². The van der Waals surface area contributed by atoms with Crippen LogP contribution in [0.25, 0.3) is 0 Å². The first-order valence-corrected chi connectivity index (χ1v) is 6.61. The van der Waals surface area contributed by atoms with Crippen molar-refractivity contribution in [2.24, 2.45) is 0 Å². The van der Waals surface area contributed by atoms with Crippen LogP contribution in [0, 0.1) is 5.82 Å². The van der Waals surface area contributed by atoms with Gasteiger partial charge in [0.25, 0.3) is 10.0 Å². The maximum Gasteiger partial charge on any atom is 0.264 e. The molecule has 0 atom stereocenters. The van der Waals surface area contributed by atoms with E-state index in [4.69, 9.17) is 5.73 Å². The summed E-state index contributed by atoms with van der Waals surface area (Å²) in [7, 11) is -3.88. The Labute approximate surface area is 104 Å². The lowest BCUT2D eigenvalue weighted by Crippen LogP contribution is -2.15. The van der Waals surface area contributed by atoms with Crippen molar-refractivity contribution in [3.63, 3.8) is 0 Å². The Hall–Kier alpha value is -2.08. The normalized spacial score (nSPS) is 11.2. The van der Waals surface area contributed by atoms with Crippen molar-refractivity contribution < 1.29 is 12.8 Å². The molecule has 2 aromatic carbocycles. The first-order chi connectivity index (χ1) is 8.50. The molecule has 0 aliphatic carbocycles. The first kappa shape index (κ1) is 12.4. The van der Waals surface area contributed by atoms with E-state index >= 15 is 0 Å². The third-order valence-corrected chi connectivity index (χ3v) is 3.77. The summed E-state index contributed by atoms with van der Waals surface area (Å²) >= 11 is 0. The Kier molecular flexibility index (Phi) is 3.20. The Morgan fingerprint density at radius 1 is 1.00 bits per heavy atom. The molecule has 3 N–H and O–H groups in total. The lowest BCUT2D eigenvalue weighted by molar-refractivity contribution is 0.599. The fourth-order valence-corrected chi connectivity index (χ4v) is 2.67. The number of nitrogens with one attached hydrogen (secondary N) is 1. The molecule has 4 nitrogen and oxygen atoms in total. The molecule has 6 heteroatoms. The van der Waals surface area contributed by atoms with Gasteiger partial charge in [0.2, 0.25) is 0 Å². The Morgan fingerprint density at radius 2 is 1.61 bits per heavy atom. The van der Waals surface area contributed by atoms with Gasteiger partial charge in [-0.1, -0.05) is 24.3 Å². The van der Waals surface area contributed by atoms with Crippen molar-refractivity contribution in [2.45, 2.75) is 4.90 Å². The Balaban J connectivity index is 2.40. The summed E-state index contributed by atoms with van der Waals surface area (Å²) in [6, 6.07) is 11.5. The molecule has 0 fully saturated rings. The molecule has 0 aromatic heterocycles. The van der Waals surface area contributed by atoms with Crippen LogP contribution in [0.2, 0.25) is 0 Å². The van der Waals surface area contributed by atoms with Crippen molar-refractivity contribution in [3.05, 3.63) is 54.3 Å². The number of rotatable bonds is 3. The average Bonchev–Trinajstić information content (AvgIpc) is 2.32. The minimum absolute atomic E-state index is 0.0757. The summed E-state index contributed by atoms with van der Waals surface area (Å²) in [4.78, 5) is -0.0757. The largest absolute Gasteiger partial charge is 0.398 e. The summed E-state index contributed by atoms with van der Waals surface area (Å²) in [6.07, 6.45) is 0. The van der Waals surface area contributed by atoms with Gasteiger partial charge in [-0.15, -0.1) is 0 Å². The molecule has 2 aromatic rings. The minimum Gasteiger partial charge on any atom is -0.398 e. The molecule has 2 rings (SSSR count). The van der Waals surface area contributed by atoms with E-state index < -0.39 is 15.8 Å². The molecule has 0 aliphatic heterocycles. The number of hydrogen-bond donors (Lipinski definition) is 2. The molecule has 94 valence electrons. The van der Waals surface area contributed by atoms with E-state index in [1.807, 2.05) is 0 Å². The fraction of sp³-hybridized carbons (Fsp3) is 0. The molecule has 0 amide bonds. The SMILES string of the molecule is Nc1ccccc1S(=O)(=O)Nc1ccccc1F. The van der Waals surface area contributed by atoms with Crippen molar-refractivity contribution in [3.8, 4) is 0 Å². The van der Waals surface area contributed by atoms with E-state index in [2.05, 4.69) is 4.72 Å². The second-order valence-electron chi connectivity index (χ2n) is 3.62. The number of anilines is 2. The minimum atomic E-state index is -3.88. The third-order valence-electron chi connectivity index (χ3n) is 2.33. The molecule has 0 radical (unpaired) electrons. The van der Waals surface area contributed by atoms with Gasteiger partial charge in [0.05, 0.1) is 11.4 Å². The first-order valence-electron chi connectivity index (χ1n) is 5.12. The molecular weight excluding hydrogens is 255 g/mol. The monoisotopic (exact) mass is 266 g/mol. The predicted molar refractivity (Wildman–Crippen MR) is 68.1 cm³/mol. The van der Waals surface area contributed by atoms with E-state index in [-0.39, 0.29) is 16.3 Å². The summed E-state index contributed by atoms with van der Waals surface area (Å²) < 4.78 is 39.6. The van der Waals surface area contributed by atoms with Crippen LogP contribution in [-0.4, -0.2) is 8.42 Å². The van der Waals surface area contributed by atoms with Crippen LogP contribution in [-0.2, 0) is 10.0 Å². The lowest BCUT2D eigenvalue weighted by atomic mass is 10.3. The number of sulfonamides is 1. The van der Waals surface area contributed by atoms with E-state index in [0.717, 1.165) is 0 Å². The van der Waals surface area contributed by atoms with Gasteiger partial charge in [-0.25, -0.2) is 12.8 Å². The number of hydrogen-bond acceptors (Lipinski definition) is 3. The molecule has 0 saturated heterocycles. The number of nitrogen functional groups attached to an aromatic ring is 1. The maximum absolute atomic E-state index is 13.4. The fourth-order valence-electron chi connectivity index (χ4n) is 1.47. The van der Waals surface area contributed by atoms with Crippen LogP contribution >= 0.6 is 0 Å². The maximum atomic E-state index is 13.4. The number of benzene rings is 2. The van der Waals surface area contributed by atoms with Crippen LogP contribution < -0.4 is 10.5 Å². The van der Waals surface area contributed by atoms with Gasteiger partial charge in [-0.3, -0.25) is 4.72 Å². The van der Waals surface area contributed by atoms with Crippen LogP contribution in [0.5, 0.6) is 0 Å². The molecule has 0 heterocycles. The lowest BCUT2D eigenvalue weighted by Gasteiger charge is -2.10. The summed E-state index contributed by atoms with van der Waals surface area (Å²) in [5.41, 5.74) is 5.59. The highest BCUT2D eigenvalue weighted by molar-refractivity contribution is 7.92. The highest BCUT2D eigenvalue weighted by Gasteiger charge is 2.18. The standard InChI is InChI=1S/C12H11FN2O2S/c13-9-5-1-3-7-11(9)15-18(16,17)12-8-4-2-6-10(12)14/h1-8,15H,14H2. The number of halogens is 1. The van der Waals surface area contributed by atoms with Gasteiger partial charge in [0, 0.05) is 0 Å². The van der Waals surface area contributed by atoms with Gasteiger partial charge in [-0.05, 0) is 24.3 Å². The highest BCUT2D eigenvalue weighted by atomic mass is 32.2. The van der Waals surface area contributed by atoms with Gasteiger partial charge >= 0.3 is 0 Å².